The SMILES string of the molecule is C=C(F)C(=O)N(CC(F)(F)F)CC(F)(F)F. The third kappa shape index (κ3) is 6.25. The van der Waals surface area contributed by atoms with Crippen molar-refractivity contribution in [2.45, 2.75) is 12.4 Å². The summed E-state index contributed by atoms with van der Waals surface area (Å²) in [6.45, 7) is -2.03. The van der Waals surface area contributed by atoms with Crippen molar-refractivity contribution in [2.24, 2.45) is 0 Å². The molecule has 0 aliphatic heterocycles. The Labute approximate surface area is 85.3 Å². The molecule has 0 aromatic carbocycles. The van der Waals surface area contributed by atoms with E-state index in [-0.39, 0.29) is 0 Å². The van der Waals surface area contributed by atoms with Gasteiger partial charge in [0.15, 0.2) is 5.83 Å². The first-order valence-electron chi connectivity index (χ1n) is 3.69. The van der Waals surface area contributed by atoms with Crippen LogP contribution in [0.15, 0.2) is 12.4 Å². The van der Waals surface area contributed by atoms with Crippen LogP contribution < -0.4 is 0 Å². The predicted octanol–water partition coefficient (Wildman–Crippen LogP) is 2.42. The van der Waals surface area contributed by atoms with Crippen LogP contribution in [0.3, 0.4) is 0 Å². The highest BCUT2D eigenvalue weighted by Gasteiger charge is 2.40. The fourth-order valence-electron chi connectivity index (χ4n) is 0.804. The summed E-state index contributed by atoms with van der Waals surface area (Å²) >= 11 is 0. The van der Waals surface area contributed by atoms with Gasteiger partial charge in [-0.1, -0.05) is 6.58 Å². The van der Waals surface area contributed by atoms with Gasteiger partial charge in [0.2, 0.25) is 0 Å². The van der Waals surface area contributed by atoms with Crippen LogP contribution in [-0.4, -0.2) is 36.2 Å². The predicted molar refractivity (Wildman–Crippen MR) is 38.9 cm³/mol. The minimum absolute atomic E-state index is 0.706. The fourth-order valence-corrected chi connectivity index (χ4v) is 0.804. The van der Waals surface area contributed by atoms with Gasteiger partial charge < -0.3 is 4.90 Å². The molecule has 0 radical (unpaired) electrons. The van der Waals surface area contributed by atoms with Crippen LogP contribution in [0.1, 0.15) is 0 Å². The number of nitrogens with zero attached hydrogens (tertiary/aromatic N) is 1. The number of amides is 1. The highest BCUT2D eigenvalue weighted by molar-refractivity contribution is 5.90. The van der Waals surface area contributed by atoms with Gasteiger partial charge in [0, 0.05) is 0 Å². The van der Waals surface area contributed by atoms with Gasteiger partial charge in [0.25, 0.3) is 5.91 Å². The molecular formula is C7H6F7NO. The van der Waals surface area contributed by atoms with Crippen LogP contribution in [0, 0.1) is 0 Å². The number of carbonyl (C=O) groups is 1. The molecule has 0 spiro atoms. The molecule has 0 heterocycles. The van der Waals surface area contributed by atoms with Gasteiger partial charge in [-0.05, 0) is 0 Å². The lowest BCUT2D eigenvalue weighted by Gasteiger charge is -2.23. The molecule has 0 aliphatic rings. The van der Waals surface area contributed by atoms with Gasteiger partial charge in [0.1, 0.15) is 13.1 Å². The molecule has 0 bridgehead atoms. The van der Waals surface area contributed by atoms with E-state index in [1.54, 1.807) is 0 Å². The minimum atomic E-state index is -5.05. The van der Waals surface area contributed by atoms with E-state index in [0.717, 1.165) is 0 Å². The molecular weight excluding hydrogens is 247 g/mol. The van der Waals surface area contributed by atoms with Gasteiger partial charge in [-0.15, -0.1) is 0 Å². The monoisotopic (exact) mass is 253 g/mol. The number of hydrogen-bond acceptors (Lipinski definition) is 1. The molecule has 0 atom stereocenters. The Bertz CT molecular complexity index is 263. The van der Waals surface area contributed by atoms with Crippen LogP contribution in [0.25, 0.3) is 0 Å². The molecule has 0 saturated heterocycles. The summed E-state index contributed by atoms with van der Waals surface area (Å²) in [5.74, 6) is -3.91. The van der Waals surface area contributed by atoms with Crippen molar-refractivity contribution in [3.63, 3.8) is 0 Å². The van der Waals surface area contributed by atoms with E-state index in [4.69, 9.17) is 0 Å². The van der Waals surface area contributed by atoms with Crippen molar-refractivity contribution in [3.8, 4) is 0 Å². The first-order valence-corrected chi connectivity index (χ1v) is 3.69. The fraction of sp³-hybridized carbons (Fsp3) is 0.571. The molecule has 0 saturated carbocycles. The highest BCUT2D eigenvalue weighted by Crippen LogP contribution is 2.22. The van der Waals surface area contributed by atoms with Crippen LogP contribution in [-0.2, 0) is 4.79 Å². The number of hydrogen-bond donors (Lipinski definition) is 0. The van der Waals surface area contributed by atoms with Gasteiger partial charge in [-0.3, -0.25) is 4.79 Å². The van der Waals surface area contributed by atoms with Crippen LogP contribution >= 0.6 is 0 Å². The highest BCUT2D eigenvalue weighted by atomic mass is 19.4. The summed E-state index contributed by atoms with van der Waals surface area (Å²) in [6.07, 6.45) is -10.1. The minimum Gasteiger partial charge on any atom is -0.318 e. The molecule has 0 unspecified atom stereocenters. The zero-order chi connectivity index (χ0) is 13.1. The lowest BCUT2D eigenvalue weighted by atomic mass is 10.4. The Kier molecular flexibility index (Phi) is 4.33. The van der Waals surface area contributed by atoms with Crippen LogP contribution in [0.2, 0.25) is 0 Å². The average Bonchev–Trinajstić information content (AvgIpc) is 1.95. The quantitative estimate of drug-likeness (QED) is 0.558. The Morgan fingerprint density at radius 3 is 1.50 bits per heavy atom. The second kappa shape index (κ2) is 4.71. The third-order valence-electron chi connectivity index (χ3n) is 1.26. The molecule has 1 amide bonds. The molecule has 0 N–H and O–H groups in total. The van der Waals surface area contributed by atoms with Crippen molar-refractivity contribution in [1.82, 2.24) is 4.90 Å². The maximum Gasteiger partial charge on any atom is 0.406 e. The maximum absolute atomic E-state index is 12.2. The summed E-state index contributed by atoms with van der Waals surface area (Å²) in [5, 5.41) is 0. The number of alkyl halides is 6. The third-order valence-corrected chi connectivity index (χ3v) is 1.26. The van der Waals surface area contributed by atoms with Gasteiger partial charge in [-0.2, -0.15) is 26.3 Å². The molecule has 0 fully saturated rings. The molecule has 0 aliphatic carbocycles. The average molecular weight is 253 g/mol. The number of rotatable bonds is 3. The van der Waals surface area contributed by atoms with Gasteiger partial charge in [0.05, 0.1) is 0 Å². The van der Waals surface area contributed by atoms with Crippen molar-refractivity contribution < 1.29 is 35.5 Å². The normalized spacial score (nSPS) is 12.4. The van der Waals surface area contributed by atoms with Crippen molar-refractivity contribution >= 4 is 5.91 Å². The summed E-state index contributed by atoms with van der Waals surface area (Å²) in [7, 11) is 0. The standard InChI is InChI=1S/C7H6F7NO/c1-4(8)5(16)15(2-6(9,10)11)3-7(12,13)14/h1-3H2. The first kappa shape index (κ1) is 14.7. The smallest absolute Gasteiger partial charge is 0.318 e. The zero-order valence-electron chi connectivity index (χ0n) is 7.62. The Morgan fingerprint density at radius 1 is 1.00 bits per heavy atom. The van der Waals surface area contributed by atoms with Crippen molar-refractivity contribution in [3.05, 3.63) is 12.4 Å². The summed E-state index contributed by atoms with van der Waals surface area (Å²) < 4.78 is 82.9. The lowest BCUT2D eigenvalue weighted by Crippen LogP contribution is -2.44. The van der Waals surface area contributed by atoms with E-state index in [1.807, 2.05) is 0 Å². The molecule has 0 aromatic heterocycles. The Morgan fingerprint density at radius 2 is 1.31 bits per heavy atom. The summed E-state index contributed by atoms with van der Waals surface area (Å²) in [6, 6.07) is 0. The van der Waals surface area contributed by atoms with Crippen molar-refractivity contribution in [2.75, 3.05) is 13.1 Å². The molecule has 2 nitrogen and oxygen atoms in total. The van der Waals surface area contributed by atoms with E-state index in [1.165, 1.54) is 0 Å². The Balaban J connectivity index is 4.78. The molecule has 9 heteroatoms. The van der Waals surface area contributed by atoms with Gasteiger partial charge >= 0.3 is 12.4 Å². The number of carbonyl (C=O) groups excluding carboxylic acids is 1. The Hall–Kier alpha value is -1.28. The number of halogens is 7. The molecule has 0 rings (SSSR count). The largest absolute Gasteiger partial charge is 0.406 e. The summed E-state index contributed by atoms with van der Waals surface area (Å²) in [5.41, 5.74) is 0. The van der Waals surface area contributed by atoms with Gasteiger partial charge in [-0.25, -0.2) is 4.39 Å². The second-order valence-electron chi connectivity index (χ2n) is 2.80. The molecule has 0 aromatic rings. The topological polar surface area (TPSA) is 20.3 Å². The van der Waals surface area contributed by atoms with Crippen LogP contribution in [0.5, 0.6) is 0 Å². The van der Waals surface area contributed by atoms with E-state index in [0.29, 0.717) is 0 Å². The van der Waals surface area contributed by atoms with E-state index < -0.39 is 42.1 Å². The summed E-state index contributed by atoms with van der Waals surface area (Å²) in [4.78, 5) is 9.94. The molecule has 94 valence electrons. The van der Waals surface area contributed by atoms with E-state index >= 15 is 0 Å². The first-order chi connectivity index (χ1) is 6.92. The van der Waals surface area contributed by atoms with E-state index in [9.17, 15) is 35.5 Å². The van der Waals surface area contributed by atoms with Crippen molar-refractivity contribution in [1.29, 1.82) is 0 Å². The van der Waals surface area contributed by atoms with Crippen LogP contribution in [0.4, 0.5) is 30.7 Å². The second-order valence-corrected chi connectivity index (χ2v) is 2.80. The van der Waals surface area contributed by atoms with E-state index in [2.05, 4.69) is 6.58 Å². The molecule has 16 heavy (non-hydrogen) atoms. The zero-order valence-corrected chi connectivity index (χ0v) is 7.62. The lowest BCUT2D eigenvalue weighted by molar-refractivity contribution is -0.186. The maximum atomic E-state index is 12.2.